The van der Waals surface area contributed by atoms with Crippen LogP contribution in [0.1, 0.15) is 26.3 Å². The highest BCUT2D eigenvalue weighted by Gasteiger charge is 2.32. The van der Waals surface area contributed by atoms with Gasteiger partial charge in [0.15, 0.2) is 0 Å². The molecule has 1 rings (SSSR count). The van der Waals surface area contributed by atoms with Crippen molar-refractivity contribution in [3.63, 3.8) is 0 Å². The van der Waals surface area contributed by atoms with Crippen LogP contribution in [0.25, 0.3) is 0 Å². The molecule has 0 heterocycles. The zero-order valence-corrected chi connectivity index (χ0v) is 13.1. The molecule has 0 saturated carbocycles. The Labute approximate surface area is 132 Å². The van der Waals surface area contributed by atoms with Crippen LogP contribution in [-0.4, -0.2) is 35.8 Å². The van der Waals surface area contributed by atoms with Crippen LogP contribution in [0.2, 0.25) is 0 Å². The second-order valence-electron chi connectivity index (χ2n) is 5.89. The summed E-state index contributed by atoms with van der Waals surface area (Å²) in [7, 11) is 0. The third kappa shape index (κ3) is 7.73. The third-order valence-electron chi connectivity index (χ3n) is 2.61. The lowest BCUT2D eigenvalue weighted by Gasteiger charge is -2.23. The number of alkyl halides is 3. The van der Waals surface area contributed by atoms with E-state index in [2.05, 4.69) is 10.1 Å². The molecule has 0 aliphatic carbocycles. The lowest BCUT2D eigenvalue weighted by atomic mass is 10.1. The zero-order valence-electron chi connectivity index (χ0n) is 13.1. The van der Waals surface area contributed by atoms with E-state index in [1.807, 2.05) is 0 Å². The maximum Gasteiger partial charge on any atom is 0.573 e. The highest BCUT2D eigenvalue weighted by molar-refractivity contribution is 5.68. The molecule has 0 bridgehead atoms. The summed E-state index contributed by atoms with van der Waals surface area (Å²) >= 11 is 0. The third-order valence-corrected chi connectivity index (χ3v) is 2.61. The minimum atomic E-state index is -4.82. The summed E-state index contributed by atoms with van der Waals surface area (Å²) in [6, 6.07) is 4.74. The van der Waals surface area contributed by atoms with E-state index in [-0.39, 0.29) is 17.7 Å². The predicted octanol–water partition coefficient (Wildman–Crippen LogP) is 3.01. The van der Waals surface area contributed by atoms with Crippen molar-refractivity contribution in [1.82, 2.24) is 5.32 Å². The van der Waals surface area contributed by atoms with E-state index < -0.39 is 30.7 Å². The normalized spacial score (nSPS) is 13.3. The molecule has 8 heteroatoms. The van der Waals surface area contributed by atoms with Gasteiger partial charge in [0.25, 0.3) is 0 Å². The highest BCUT2D eigenvalue weighted by atomic mass is 19.4. The fourth-order valence-electron chi connectivity index (χ4n) is 1.80. The number of aliphatic hydroxyl groups excluding tert-OH is 1. The van der Waals surface area contributed by atoms with Gasteiger partial charge in [-0.3, -0.25) is 0 Å². The van der Waals surface area contributed by atoms with Crippen molar-refractivity contribution in [2.24, 2.45) is 0 Å². The number of rotatable bonds is 5. The van der Waals surface area contributed by atoms with Crippen LogP contribution in [0.15, 0.2) is 24.3 Å². The van der Waals surface area contributed by atoms with Crippen LogP contribution >= 0.6 is 0 Å². The summed E-state index contributed by atoms with van der Waals surface area (Å²) < 4.78 is 46.1. The molecular weight excluding hydrogens is 315 g/mol. The van der Waals surface area contributed by atoms with Gasteiger partial charge in [0.05, 0.1) is 12.6 Å². The minimum Gasteiger partial charge on any atom is -0.444 e. The second kappa shape index (κ2) is 7.54. The maximum atomic E-state index is 12.4. The van der Waals surface area contributed by atoms with Crippen molar-refractivity contribution in [1.29, 1.82) is 0 Å². The van der Waals surface area contributed by atoms with Crippen molar-refractivity contribution in [3.05, 3.63) is 29.8 Å². The van der Waals surface area contributed by atoms with Gasteiger partial charge >= 0.3 is 12.5 Å². The van der Waals surface area contributed by atoms with Crippen molar-refractivity contribution < 1.29 is 32.5 Å². The van der Waals surface area contributed by atoms with Crippen LogP contribution in [0.5, 0.6) is 5.75 Å². The molecule has 1 amide bonds. The number of hydrogen-bond donors (Lipinski definition) is 2. The van der Waals surface area contributed by atoms with Crippen LogP contribution in [0, 0.1) is 0 Å². The summed E-state index contributed by atoms with van der Waals surface area (Å²) in [4.78, 5) is 11.7. The first kappa shape index (κ1) is 19.1. The summed E-state index contributed by atoms with van der Waals surface area (Å²) in [5.41, 5.74) is -0.513. The van der Waals surface area contributed by atoms with Crippen molar-refractivity contribution in [2.45, 2.75) is 45.2 Å². The Morgan fingerprint density at radius 3 is 2.39 bits per heavy atom. The van der Waals surface area contributed by atoms with Gasteiger partial charge in [-0.1, -0.05) is 18.2 Å². The quantitative estimate of drug-likeness (QED) is 0.868. The number of carbonyl (C=O) groups is 1. The molecule has 0 radical (unpaired) electrons. The Kier molecular flexibility index (Phi) is 6.26. The van der Waals surface area contributed by atoms with Crippen LogP contribution in [-0.2, 0) is 11.2 Å². The van der Waals surface area contributed by atoms with Gasteiger partial charge in [0.1, 0.15) is 11.4 Å². The van der Waals surface area contributed by atoms with Gasteiger partial charge in [0.2, 0.25) is 0 Å². The van der Waals surface area contributed by atoms with Crippen LogP contribution < -0.4 is 10.1 Å². The summed E-state index contributed by atoms with van der Waals surface area (Å²) in [5.74, 6) is -0.371. The molecular formula is C15H20F3NO4. The van der Waals surface area contributed by atoms with Gasteiger partial charge in [-0.05, 0) is 38.8 Å². The fraction of sp³-hybridized carbons (Fsp3) is 0.533. The van der Waals surface area contributed by atoms with Gasteiger partial charge in [-0.25, -0.2) is 4.79 Å². The summed E-state index contributed by atoms with van der Waals surface area (Å²) in [5, 5.41) is 11.7. The Balaban J connectivity index is 2.78. The number of nitrogens with one attached hydrogen (secondary N) is 1. The molecule has 0 aliphatic rings. The van der Waals surface area contributed by atoms with Gasteiger partial charge in [0, 0.05) is 0 Å². The topological polar surface area (TPSA) is 67.8 Å². The van der Waals surface area contributed by atoms with Crippen molar-refractivity contribution >= 4 is 6.09 Å². The number of para-hydroxylation sites is 1. The van der Waals surface area contributed by atoms with Gasteiger partial charge in [-0.2, -0.15) is 0 Å². The Hall–Kier alpha value is -1.96. The van der Waals surface area contributed by atoms with E-state index in [9.17, 15) is 23.1 Å². The lowest BCUT2D eigenvalue weighted by Crippen LogP contribution is -2.42. The molecule has 23 heavy (non-hydrogen) atoms. The van der Waals surface area contributed by atoms with Crippen LogP contribution in [0.4, 0.5) is 18.0 Å². The zero-order chi connectivity index (χ0) is 17.7. The average Bonchev–Trinajstić information content (AvgIpc) is 2.36. The molecule has 0 saturated heterocycles. The number of aliphatic hydroxyl groups is 1. The van der Waals surface area contributed by atoms with E-state index in [1.165, 1.54) is 18.2 Å². The van der Waals surface area contributed by atoms with Crippen molar-refractivity contribution in [2.75, 3.05) is 6.61 Å². The molecule has 0 aromatic heterocycles. The molecule has 0 spiro atoms. The predicted molar refractivity (Wildman–Crippen MR) is 77.1 cm³/mol. The molecule has 0 fully saturated rings. The number of carbonyl (C=O) groups excluding carboxylic acids is 1. The Bertz CT molecular complexity index is 526. The van der Waals surface area contributed by atoms with E-state index in [4.69, 9.17) is 4.74 Å². The number of hydrogen-bond acceptors (Lipinski definition) is 4. The number of amides is 1. The van der Waals surface area contributed by atoms with E-state index >= 15 is 0 Å². The first-order valence-electron chi connectivity index (χ1n) is 6.94. The van der Waals surface area contributed by atoms with E-state index in [1.54, 1.807) is 26.8 Å². The number of ether oxygens (including phenoxy) is 2. The van der Waals surface area contributed by atoms with E-state index in [0.29, 0.717) is 0 Å². The number of halogens is 3. The molecule has 0 unspecified atom stereocenters. The standard InChI is InChI=1S/C15H20F3NO4/c1-14(2,3)23-13(21)19-11(9-20)8-10-6-4-5-7-12(10)22-15(16,17)18/h4-7,11,20H,8-9H2,1-3H3,(H,19,21)/t11-/m0/s1. The number of alkyl carbamates (subject to hydrolysis) is 1. The smallest absolute Gasteiger partial charge is 0.444 e. The first-order valence-corrected chi connectivity index (χ1v) is 6.94. The first-order chi connectivity index (χ1) is 10.5. The molecule has 130 valence electrons. The Morgan fingerprint density at radius 1 is 1.26 bits per heavy atom. The second-order valence-corrected chi connectivity index (χ2v) is 5.89. The van der Waals surface area contributed by atoms with Gasteiger partial charge in [-0.15, -0.1) is 13.2 Å². The van der Waals surface area contributed by atoms with Crippen LogP contribution in [0.3, 0.4) is 0 Å². The average molecular weight is 335 g/mol. The largest absolute Gasteiger partial charge is 0.573 e. The minimum absolute atomic E-state index is 0.0397. The fourth-order valence-corrected chi connectivity index (χ4v) is 1.80. The molecule has 1 aromatic carbocycles. The monoisotopic (exact) mass is 335 g/mol. The van der Waals surface area contributed by atoms with Crippen molar-refractivity contribution in [3.8, 4) is 5.75 Å². The molecule has 1 atom stereocenters. The summed E-state index contributed by atoms with van der Waals surface area (Å²) in [6.45, 7) is 4.56. The SMILES string of the molecule is CC(C)(C)OC(=O)N[C@H](CO)Cc1ccccc1OC(F)(F)F. The highest BCUT2D eigenvalue weighted by Crippen LogP contribution is 2.27. The lowest BCUT2D eigenvalue weighted by molar-refractivity contribution is -0.274. The summed E-state index contributed by atoms with van der Waals surface area (Å²) in [6.07, 6.45) is -5.61. The van der Waals surface area contributed by atoms with E-state index in [0.717, 1.165) is 0 Å². The molecule has 2 N–H and O–H groups in total. The Morgan fingerprint density at radius 2 is 1.87 bits per heavy atom. The number of benzene rings is 1. The maximum absolute atomic E-state index is 12.4. The molecule has 1 aromatic rings. The molecule has 5 nitrogen and oxygen atoms in total. The molecule has 0 aliphatic heterocycles. The van der Waals surface area contributed by atoms with Gasteiger partial charge < -0.3 is 19.9 Å².